The molecule has 0 saturated carbocycles. The molecule has 0 spiro atoms. The van der Waals surface area contributed by atoms with Crippen LogP contribution >= 0.6 is 0 Å². The SMILES string of the molecule is COc1ccc(OCC(=O)N2CCN(C(C)Cc3ccccc3)CC2)cc1. The zero-order valence-electron chi connectivity index (χ0n) is 16.1. The molecule has 1 amide bonds. The molecule has 5 nitrogen and oxygen atoms in total. The fourth-order valence-electron chi connectivity index (χ4n) is 3.40. The number of carbonyl (C=O) groups excluding carboxylic acids is 1. The number of rotatable bonds is 7. The van der Waals surface area contributed by atoms with E-state index < -0.39 is 0 Å². The van der Waals surface area contributed by atoms with Gasteiger partial charge in [0.25, 0.3) is 5.91 Å². The van der Waals surface area contributed by atoms with Crippen molar-refractivity contribution in [2.24, 2.45) is 0 Å². The Labute approximate surface area is 161 Å². The molecule has 0 aliphatic carbocycles. The summed E-state index contributed by atoms with van der Waals surface area (Å²) >= 11 is 0. The summed E-state index contributed by atoms with van der Waals surface area (Å²) in [6.45, 7) is 5.65. The summed E-state index contributed by atoms with van der Waals surface area (Å²) < 4.78 is 10.7. The van der Waals surface area contributed by atoms with Crippen molar-refractivity contribution >= 4 is 5.91 Å². The largest absolute Gasteiger partial charge is 0.497 e. The van der Waals surface area contributed by atoms with Gasteiger partial charge in [-0.05, 0) is 43.2 Å². The van der Waals surface area contributed by atoms with Gasteiger partial charge in [0.15, 0.2) is 6.61 Å². The van der Waals surface area contributed by atoms with E-state index in [0.717, 1.165) is 38.3 Å². The lowest BCUT2D eigenvalue weighted by Crippen LogP contribution is -2.52. The highest BCUT2D eigenvalue weighted by molar-refractivity contribution is 5.77. The fourth-order valence-corrected chi connectivity index (χ4v) is 3.40. The predicted molar refractivity (Wildman–Crippen MR) is 106 cm³/mol. The Morgan fingerprint density at radius 2 is 1.59 bits per heavy atom. The van der Waals surface area contributed by atoms with Crippen LogP contribution in [0.25, 0.3) is 0 Å². The Morgan fingerprint density at radius 3 is 2.22 bits per heavy atom. The maximum Gasteiger partial charge on any atom is 0.260 e. The number of ether oxygens (including phenoxy) is 2. The van der Waals surface area contributed by atoms with Crippen molar-refractivity contribution in [1.82, 2.24) is 9.80 Å². The van der Waals surface area contributed by atoms with Gasteiger partial charge >= 0.3 is 0 Å². The van der Waals surface area contributed by atoms with E-state index in [1.165, 1.54) is 5.56 Å². The molecule has 1 aliphatic rings. The minimum absolute atomic E-state index is 0.0428. The molecule has 5 heteroatoms. The van der Waals surface area contributed by atoms with Gasteiger partial charge in [-0.1, -0.05) is 30.3 Å². The number of benzene rings is 2. The maximum atomic E-state index is 12.4. The first-order valence-corrected chi connectivity index (χ1v) is 9.48. The van der Waals surface area contributed by atoms with Crippen LogP contribution in [0.1, 0.15) is 12.5 Å². The lowest BCUT2D eigenvalue weighted by atomic mass is 10.1. The summed E-state index contributed by atoms with van der Waals surface area (Å²) in [5.41, 5.74) is 1.36. The summed E-state index contributed by atoms with van der Waals surface area (Å²) in [6.07, 6.45) is 1.04. The minimum Gasteiger partial charge on any atom is -0.497 e. The van der Waals surface area contributed by atoms with Gasteiger partial charge in [-0.3, -0.25) is 9.69 Å². The quantitative estimate of drug-likeness (QED) is 0.754. The lowest BCUT2D eigenvalue weighted by Gasteiger charge is -2.38. The van der Waals surface area contributed by atoms with Gasteiger partial charge in [0.2, 0.25) is 0 Å². The molecule has 3 rings (SSSR count). The van der Waals surface area contributed by atoms with E-state index in [-0.39, 0.29) is 12.5 Å². The van der Waals surface area contributed by atoms with Gasteiger partial charge in [0.05, 0.1) is 7.11 Å². The Bertz CT molecular complexity index is 710. The maximum absolute atomic E-state index is 12.4. The van der Waals surface area contributed by atoms with Crippen molar-refractivity contribution in [3.63, 3.8) is 0 Å². The lowest BCUT2D eigenvalue weighted by molar-refractivity contribution is -0.135. The van der Waals surface area contributed by atoms with E-state index in [4.69, 9.17) is 9.47 Å². The molecule has 2 aromatic carbocycles. The first-order chi connectivity index (χ1) is 13.2. The Hall–Kier alpha value is -2.53. The van der Waals surface area contributed by atoms with Crippen LogP contribution in [0.15, 0.2) is 54.6 Å². The smallest absolute Gasteiger partial charge is 0.260 e. The van der Waals surface area contributed by atoms with Crippen molar-refractivity contribution in [3.05, 3.63) is 60.2 Å². The van der Waals surface area contributed by atoms with Crippen molar-refractivity contribution in [2.45, 2.75) is 19.4 Å². The zero-order chi connectivity index (χ0) is 19.1. The average Bonchev–Trinajstić information content (AvgIpc) is 2.73. The van der Waals surface area contributed by atoms with Gasteiger partial charge in [-0.15, -0.1) is 0 Å². The summed E-state index contributed by atoms with van der Waals surface area (Å²) in [5.74, 6) is 1.50. The van der Waals surface area contributed by atoms with Crippen LogP contribution in [0, 0.1) is 0 Å². The first-order valence-electron chi connectivity index (χ1n) is 9.48. The molecule has 1 heterocycles. The van der Waals surface area contributed by atoms with Gasteiger partial charge in [-0.2, -0.15) is 0 Å². The number of amides is 1. The summed E-state index contributed by atoms with van der Waals surface area (Å²) in [5, 5.41) is 0. The Morgan fingerprint density at radius 1 is 0.963 bits per heavy atom. The van der Waals surface area contributed by atoms with Crippen molar-refractivity contribution in [1.29, 1.82) is 0 Å². The third-order valence-electron chi connectivity index (χ3n) is 5.09. The van der Waals surface area contributed by atoms with Crippen LogP contribution in [0.4, 0.5) is 0 Å². The number of piperazine rings is 1. The van der Waals surface area contributed by atoms with Crippen LogP contribution < -0.4 is 9.47 Å². The normalized spacial score (nSPS) is 16.0. The second-order valence-corrected chi connectivity index (χ2v) is 6.92. The number of carbonyl (C=O) groups is 1. The van der Waals surface area contributed by atoms with E-state index in [1.54, 1.807) is 7.11 Å². The van der Waals surface area contributed by atoms with Gasteiger partial charge in [0.1, 0.15) is 11.5 Å². The van der Waals surface area contributed by atoms with Crippen LogP contribution in [-0.4, -0.2) is 61.6 Å². The van der Waals surface area contributed by atoms with E-state index >= 15 is 0 Å². The van der Waals surface area contributed by atoms with Crippen molar-refractivity contribution < 1.29 is 14.3 Å². The van der Waals surface area contributed by atoms with E-state index in [0.29, 0.717) is 11.8 Å². The summed E-state index contributed by atoms with van der Waals surface area (Å²) in [6, 6.07) is 18.3. The molecule has 0 N–H and O–H groups in total. The first kappa shape index (κ1) is 19.2. The molecule has 27 heavy (non-hydrogen) atoms. The highest BCUT2D eigenvalue weighted by Crippen LogP contribution is 2.17. The molecule has 0 bridgehead atoms. The van der Waals surface area contributed by atoms with E-state index in [2.05, 4.69) is 36.1 Å². The van der Waals surface area contributed by atoms with E-state index in [1.807, 2.05) is 35.2 Å². The second-order valence-electron chi connectivity index (χ2n) is 6.92. The van der Waals surface area contributed by atoms with Crippen LogP contribution in [0.3, 0.4) is 0 Å². The average molecular weight is 368 g/mol. The Kier molecular flexibility index (Phi) is 6.71. The third-order valence-corrected chi connectivity index (χ3v) is 5.09. The topological polar surface area (TPSA) is 42.0 Å². The molecule has 0 aromatic heterocycles. The molecule has 1 unspecified atom stereocenters. The minimum atomic E-state index is 0.0428. The standard InChI is InChI=1S/C22H28N2O3/c1-18(16-19-6-4-3-5-7-19)23-12-14-24(15-13-23)22(25)17-27-21-10-8-20(26-2)9-11-21/h3-11,18H,12-17H2,1-2H3. The molecular weight excluding hydrogens is 340 g/mol. The molecule has 144 valence electrons. The second kappa shape index (κ2) is 9.42. The molecule has 1 saturated heterocycles. The molecule has 2 aromatic rings. The molecule has 1 atom stereocenters. The fraction of sp³-hybridized carbons (Fsp3) is 0.409. The number of hydrogen-bond donors (Lipinski definition) is 0. The summed E-state index contributed by atoms with van der Waals surface area (Å²) in [4.78, 5) is 16.8. The number of methoxy groups -OCH3 is 1. The van der Waals surface area contributed by atoms with Crippen molar-refractivity contribution in [3.8, 4) is 11.5 Å². The number of hydrogen-bond acceptors (Lipinski definition) is 4. The highest BCUT2D eigenvalue weighted by Gasteiger charge is 2.24. The zero-order valence-corrected chi connectivity index (χ0v) is 16.1. The van der Waals surface area contributed by atoms with Crippen LogP contribution in [0.2, 0.25) is 0 Å². The van der Waals surface area contributed by atoms with E-state index in [9.17, 15) is 4.79 Å². The molecule has 1 fully saturated rings. The van der Waals surface area contributed by atoms with Crippen LogP contribution in [-0.2, 0) is 11.2 Å². The molecular formula is C22H28N2O3. The van der Waals surface area contributed by atoms with Gasteiger partial charge in [0, 0.05) is 32.2 Å². The molecule has 0 radical (unpaired) electrons. The third kappa shape index (κ3) is 5.47. The predicted octanol–water partition coefficient (Wildman–Crippen LogP) is 2.85. The van der Waals surface area contributed by atoms with Gasteiger partial charge in [-0.25, -0.2) is 0 Å². The van der Waals surface area contributed by atoms with Crippen LogP contribution in [0.5, 0.6) is 11.5 Å². The summed E-state index contributed by atoms with van der Waals surface area (Å²) in [7, 11) is 1.62. The Balaban J connectivity index is 1.42. The monoisotopic (exact) mass is 368 g/mol. The molecule has 1 aliphatic heterocycles. The van der Waals surface area contributed by atoms with Gasteiger partial charge < -0.3 is 14.4 Å². The van der Waals surface area contributed by atoms with Crippen molar-refractivity contribution in [2.75, 3.05) is 39.9 Å². The highest BCUT2D eigenvalue weighted by atomic mass is 16.5. The number of nitrogens with zero attached hydrogens (tertiary/aromatic N) is 2.